The molecule has 2 fully saturated rings. The Balaban J connectivity index is 2.03. The van der Waals surface area contributed by atoms with E-state index in [2.05, 4.69) is 0 Å². The van der Waals surface area contributed by atoms with Crippen molar-refractivity contribution in [1.29, 1.82) is 0 Å². The average Bonchev–Trinajstić information content (AvgIpc) is 3.11. The van der Waals surface area contributed by atoms with Crippen LogP contribution in [0, 0.1) is 0 Å². The lowest BCUT2D eigenvalue weighted by atomic mass is 9.85. The molecule has 0 saturated heterocycles. The zero-order valence-corrected chi connectivity index (χ0v) is 11.4. The van der Waals surface area contributed by atoms with Gasteiger partial charge >= 0.3 is 0 Å². The molecular formula is C17H21O2-. The molecule has 1 aromatic rings. The summed E-state index contributed by atoms with van der Waals surface area (Å²) in [6.45, 7) is 0. The first kappa shape index (κ1) is 12.7. The number of hydrogen-bond acceptors (Lipinski definition) is 2. The highest BCUT2D eigenvalue weighted by atomic mass is 16.4. The molecule has 2 nitrogen and oxygen atoms in total. The molecule has 1 aromatic carbocycles. The summed E-state index contributed by atoms with van der Waals surface area (Å²) in [5.41, 5.74) is 2.62. The van der Waals surface area contributed by atoms with Crippen LogP contribution in [-0.4, -0.2) is 5.97 Å². The number of hydrogen-bond donors (Lipinski definition) is 0. The normalized spacial score (nSPS) is 21.1. The van der Waals surface area contributed by atoms with Crippen molar-refractivity contribution in [3.8, 4) is 0 Å². The average molecular weight is 257 g/mol. The predicted octanol–water partition coefficient (Wildman–Crippen LogP) is 3.37. The van der Waals surface area contributed by atoms with Crippen LogP contribution >= 0.6 is 0 Å². The first-order valence-electron chi connectivity index (χ1n) is 7.61. The summed E-state index contributed by atoms with van der Waals surface area (Å²) in [7, 11) is 0. The minimum atomic E-state index is -0.968. The van der Waals surface area contributed by atoms with Gasteiger partial charge in [0.2, 0.25) is 0 Å². The number of carbonyl (C=O) groups excluding carboxylic acids is 1. The first-order valence-corrected chi connectivity index (χ1v) is 7.61. The molecule has 0 amide bonds. The molecule has 0 aliphatic heterocycles. The van der Waals surface area contributed by atoms with E-state index in [1.54, 1.807) is 0 Å². The van der Waals surface area contributed by atoms with Crippen LogP contribution < -0.4 is 5.11 Å². The molecule has 2 heteroatoms. The second-order valence-corrected chi connectivity index (χ2v) is 6.06. The van der Waals surface area contributed by atoms with E-state index in [-0.39, 0.29) is 0 Å². The van der Waals surface area contributed by atoms with Gasteiger partial charge in [-0.05, 0) is 48.6 Å². The SMILES string of the molecule is O=C([O-])c1c(C2CCCC2)cccc1C1CCCC1. The Kier molecular flexibility index (Phi) is 3.58. The summed E-state index contributed by atoms with van der Waals surface area (Å²) < 4.78 is 0. The third-order valence-corrected chi connectivity index (χ3v) is 4.92. The van der Waals surface area contributed by atoms with Gasteiger partial charge in [-0.15, -0.1) is 0 Å². The summed E-state index contributed by atoms with van der Waals surface area (Å²) in [6.07, 6.45) is 9.44. The van der Waals surface area contributed by atoms with E-state index >= 15 is 0 Å². The lowest BCUT2D eigenvalue weighted by molar-refractivity contribution is -0.255. The molecule has 2 aliphatic rings. The second-order valence-electron chi connectivity index (χ2n) is 6.06. The Morgan fingerprint density at radius 1 is 0.895 bits per heavy atom. The molecule has 0 radical (unpaired) electrons. The van der Waals surface area contributed by atoms with E-state index in [1.165, 1.54) is 25.7 Å². The zero-order chi connectivity index (χ0) is 13.2. The summed E-state index contributed by atoms with van der Waals surface area (Å²) in [5.74, 6) is -0.0899. The minimum Gasteiger partial charge on any atom is -0.545 e. The number of benzene rings is 1. The van der Waals surface area contributed by atoms with Crippen molar-refractivity contribution in [2.24, 2.45) is 0 Å². The third-order valence-electron chi connectivity index (χ3n) is 4.92. The molecule has 102 valence electrons. The third kappa shape index (κ3) is 2.41. The second kappa shape index (κ2) is 5.36. The highest BCUT2D eigenvalue weighted by Gasteiger charge is 2.25. The standard InChI is InChI=1S/C17H22O2/c18-17(19)16-14(12-6-1-2-7-12)10-5-11-15(16)13-8-3-4-9-13/h5,10-13H,1-4,6-9H2,(H,18,19)/p-1. The largest absolute Gasteiger partial charge is 0.545 e. The summed E-state index contributed by atoms with van der Waals surface area (Å²) in [5, 5.41) is 11.6. The van der Waals surface area contributed by atoms with Crippen LogP contribution in [0.2, 0.25) is 0 Å². The molecule has 0 unspecified atom stereocenters. The quantitative estimate of drug-likeness (QED) is 0.833. The van der Waals surface area contributed by atoms with E-state index in [0.29, 0.717) is 17.4 Å². The van der Waals surface area contributed by atoms with Crippen molar-refractivity contribution in [2.45, 2.75) is 63.2 Å². The van der Waals surface area contributed by atoms with E-state index < -0.39 is 5.97 Å². The highest BCUT2D eigenvalue weighted by Crippen LogP contribution is 2.41. The monoisotopic (exact) mass is 257 g/mol. The van der Waals surface area contributed by atoms with E-state index in [4.69, 9.17) is 0 Å². The van der Waals surface area contributed by atoms with Crippen LogP contribution in [0.25, 0.3) is 0 Å². The van der Waals surface area contributed by atoms with Crippen molar-refractivity contribution >= 4 is 5.97 Å². The lowest BCUT2D eigenvalue weighted by Gasteiger charge is -2.22. The van der Waals surface area contributed by atoms with Crippen molar-refractivity contribution in [2.75, 3.05) is 0 Å². The molecule has 2 aliphatic carbocycles. The topological polar surface area (TPSA) is 40.1 Å². The Bertz CT molecular complexity index is 432. The van der Waals surface area contributed by atoms with Gasteiger partial charge in [0, 0.05) is 5.56 Å². The van der Waals surface area contributed by atoms with Crippen LogP contribution in [0.5, 0.6) is 0 Å². The van der Waals surface area contributed by atoms with Crippen molar-refractivity contribution in [3.63, 3.8) is 0 Å². The molecule has 19 heavy (non-hydrogen) atoms. The zero-order valence-electron chi connectivity index (χ0n) is 11.4. The van der Waals surface area contributed by atoms with Gasteiger partial charge in [0.05, 0.1) is 5.97 Å². The molecule has 0 atom stereocenters. The van der Waals surface area contributed by atoms with Crippen molar-refractivity contribution < 1.29 is 9.90 Å². The smallest absolute Gasteiger partial charge is 0.0721 e. The van der Waals surface area contributed by atoms with Crippen molar-refractivity contribution in [3.05, 3.63) is 34.9 Å². The van der Waals surface area contributed by atoms with Crippen LogP contribution in [0.3, 0.4) is 0 Å². The van der Waals surface area contributed by atoms with Crippen LogP contribution in [-0.2, 0) is 0 Å². The van der Waals surface area contributed by atoms with Gasteiger partial charge in [0.1, 0.15) is 0 Å². The van der Waals surface area contributed by atoms with Gasteiger partial charge < -0.3 is 9.90 Å². The van der Waals surface area contributed by atoms with Crippen LogP contribution in [0.4, 0.5) is 0 Å². The fraction of sp³-hybridized carbons (Fsp3) is 0.588. The maximum atomic E-state index is 11.6. The van der Waals surface area contributed by atoms with E-state index in [9.17, 15) is 9.90 Å². The predicted molar refractivity (Wildman–Crippen MR) is 73.2 cm³/mol. The van der Waals surface area contributed by atoms with Crippen LogP contribution in [0.1, 0.15) is 84.7 Å². The first-order chi connectivity index (χ1) is 9.27. The molecule has 3 rings (SSSR count). The number of carboxylic acids is 1. The Morgan fingerprint density at radius 3 is 1.68 bits per heavy atom. The number of rotatable bonds is 3. The molecular weight excluding hydrogens is 236 g/mol. The van der Waals surface area contributed by atoms with Gasteiger partial charge in [0.25, 0.3) is 0 Å². The molecule has 0 bridgehead atoms. The minimum absolute atomic E-state index is 0.439. The van der Waals surface area contributed by atoms with Gasteiger partial charge in [0.15, 0.2) is 0 Å². The molecule has 0 aromatic heterocycles. The maximum Gasteiger partial charge on any atom is 0.0721 e. The lowest BCUT2D eigenvalue weighted by Crippen LogP contribution is -2.26. The van der Waals surface area contributed by atoms with Gasteiger partial charge in [-0.1, -0.05) is 43.9 Å². The van der Waals surface area contributed by atoms with Crippen LogP contribution in [0.15, 0.2) is 18.2 Å². The number of carbonyl (C=O) groups is 1. The summed E-state index contributed by atoms with van der Waals surface area (Å²) in [6, 6.07) is 6.08. The Labute approximate surface area is 114 Å². The summed E-state index contributed by atoms with van der Waals surface area (Å²) >= 11 is 0. The maximum absolute atomic E-state index is 11.6. The van der Waals surface area contributed by atoms with Gasteiger partial charge in [-0.2, -0.15) is 0 Å². The Morgan fingerprint density at radius 2 is 1.32 bits per heavy atom. The fourth-order valence-corrected chi connectivity index (χ4v) is 3.98. The number of carboxylic acid groups (broad SMARTS) is 1. The fourth-order valence-electron chi connectivity index (χ4n) is 3.98. The molecule has 0 spiro atoms. The van der Waals surface area contributed by atoms with E-state index in [1.807, 2.05) is 18.2 Å². The van der Waals surface area contributed by atoms with Gasteiger partial charge in [-0.3, -0.25) is 0 Å². The number of aromatic carboxylic acids is 1. The molecule has 2 saturated carbocycles. The highest BCUT2D eigenvalue weighted by molar-refractivity contribution is 5.90. The summed E-state index contributed by atoms with van der Waals surface area (Å²) in [4.78, 5) is 11.6. The molecule has 0 N–H and O–H groups in total. The Hall–Kier alpha value is -1.31. The van der Waals surface area contributed by atoms with Crippen molar-refractivity contribution in [1.82, 2.24) is 0 Å². The van der Waals surface area contributed by atoms with E-state index in [0.717, 1.165) is 36.8 Å². The molecule has 0 heterocycles. The van der Waals surface area contributed by atoms with Gasteiger partial charge in [-0.25, -0.2) is 0 Å².